The van der Waals surface area contributed by atoms with Crippen molar-refractivity contribution in [2.45, 2.75) is 59.6 Å². The maximum absolute atomic E-state index is 5.61. The zero-order valence-electron chi connectivity index (χ0n) is 12.8. The van der Waals surface area contributed by atoms with Crippen LogP contribution in [0.3, 0.4) is 0 Å². The summed E-state index contributed by atoms with van der Waals surface area (Å²) in [6.45, 7) is 11.7. The molecule has 0 saturated heterocycles. The normalized spacial score (nSPS) is 13.0. The van der Waals surface area contributed by atoms with Crippen molar-refractivity contribution in [3.63, 3.8) is 0 Å². The molecular weight excluding hydrogens is 238 g/mol. The van der Waals surface area contributed by atoms with Crippen LogP contribution in [0.2, 0.25) is 0 Å². The number of rotatable bonds is 8. The summed E-state index contributed by atoms with van der Waals surface area (Å²) in [4.78, 5) is 8.49. The zero-order chi connectivity index (χ0) is 14.3. The average molecular weight is 265 g/mol. The number of nitrogens with zero attached hydrogens (tertiary/aromatic N) is 2. The van der Waals surface area contributed by atoms with Gasteiger partial charge in [-0.05, 0) is 32.7 Å². The largest absolute Gasteiger partial charge is 0.475 e. The summed E-state index contributed by atoms with van der Waals surface area (Å²) in [7, 11) is 0. The molecule has 0 bridgehead atoms. The van der Waals surface area contributed by atoms with Crippen molar-refractivity contribution in [2.75, 3.05) is 6.54 Å². The Bertz CT molecular complexity index is 366. The van der Waals surface area contributed by atoms with E-state index in [1.54, 1.807) is 6.33 Å². The van der Waals surface area contributed by atoms with Gasteiger partial charge >= 0.3 is 0 Å². The average Bonchev–Trinajstić information content (AvgIpc) is 2.33. The third kappa shape index (κ3) is 6.01. The van der Waals surface area contributed by atoms with E-state index in [0.29, 0.717) is 17.8 Å². The van der Waals surface area contributed by atoms with Crippen LogP contribution in [0.25, 0.3) is 0 Å². The van der Waals surface area contributed by atoms with Gasteiger partial charge in [0.25, 0.3) is 0 Å². The fraction of sp³-hybridized carbons (Fsp3) is 0.733. The van der Waals surface area contributed by atoms with Crippen LogP contribution in [0.15, 0.2) is 12.4 Å². The standard InChI is InChI=1S/C15H27N3O/c1-6-7-16-14(11(2)3)8-13-9-15(18-10-17-13)19-12(4)5/h9-12,14,16H,6-8H2,1-5H3. The summed E-state index contributed by atoms with van der Waals surface area (Å²) < 4.78 is 5.61. The molecule has 19 heavy (non-hydrogen) atoms. The molecule has 4 nitrogen and oxygen atoms in total. The molecule has 0 aromatic carbocycles. The molecule has 1 aromatic heterocycles. The van der Waals surface area contributed by atoms with Crippen LogP contribution in [0, 0.1) is 5.92 Å². The van der Waals surface area contributed by atoms with Crippen molar-refractivity contribution in [1.29, 1.82) is 0 Å². The number of hydrogen-bond acceptors (Lipinski definition) is 4. The molecule has 0 aliphatic carbocycles. The van der Waals surface area contributed by atoms with Crippen molar-refractivity contribution < 1.29 is 4.74 Å². The third-order valence-corrected chi connectivity index (χ3v) is 2.95. The molecule has 1 unspecified atom stereocenters. The maximum Gasteiger partial charge on any atom is 0.216 e. The lowest BCUT2D eigenvalue weighted by Gasteiger charge is -2.22. The highest BCUT2D eigenvalue weighted by molar-refractivity contribution is 5.14. The quantitative estimate of drug-likeness (QED) is 0.785. The first-order chi connectivity index (χ1) is 9.02. The molecule has 0 aliphatic rings. The van der Waals surface area contributed by atoms with Gasteiger partial charge in [-0.15, -0.1) is 0 Å². The summed E-state index contributed by atoms with van der Waals surface area (Å²) in [5.41, 5.74) is 1.04. The van der Waals surface area contributed by atoms with E-state index in [4.69, 9.17) is 4.74 Å². The monoisotopic (exact) mass is 265 g/mol. The molecule has 0 radical (unpaired) electrons. The van der Waals surface area contributed by atoms with Gasteiger partial charge in [0.2, 0.25) is 5.88 Å². The van der Waals surface area contributed by atoms with Gasteiger partial charge in [-0.25, -0.2) is 9.97 Å². The van der Waals surface area contributed by atoms with Crippen LogP contribution < -0.4 is 10.1 Å². The predicted molar refractivity (Wildman–Crippen MR) is 78.4 cm³/mol. The van der Waals surface area contributed by atoms with Gasteiger partial charge in [0.15, 0.2) is 0 Å². The minimum atomic E-state index is 0.141. The Hall–Kier alpha value is -1.16. The lowest BCUT2D eigenvalue weighted by Crippen LogP contribution is -2.36. The second-order valence-corrected chi connectivity index (χ2v) is 5.52. The van der Waals surface area contributed by atoms with Crippen molar-refractivity contribution in [3.05, 3.63) is 18.1 Å². The number of ether oxygens (including phenoxy) is 1. The van der Waals surface area contributed by atoms with Crippen molar-refractivity contribution in [2.24, 2.45) is 5.92 Å². The van der Waals surface area contributed by atoms with Gasteiger partial charge < -0.3 is 10.1 Å². The Kier molecular flexibility index (Phi) is 6.78. The third-order valence-electron chi connectivity index (χ3n) is 2.95. The SMILES string of the molecule is CCCNC(Cc1cc(OC(C)C)ncn1)C(C)C. The zero-order valence-corrected chi connectivity index (χ0v) is 12.8. The lowest BCUT2D eigenvalue weighted by molar-refractivity contribution is 0.231. The molecule has 0 aliphatic heterocycles. The second kappa shape index (κ2) is 8.10. The molecule has 1 N–H and O–H groups in total. The highest BCUT2D eigenvalue weighted by atomic mass is 16.5. The van der Waals surface area contributed by atoms with Crippen LogP contribution in [-0.4, -0.2) is 28.7 Å². The Morgan fingerprint density at radius 1 is 1.21 bits per heavy atom. The van der Waals surface area contributed by atoms with E-state index in [1.807, 2.05) is 19.9 Å². The van der Waals surface area contributed by atoms with Gasteiger partial charge in [-0.1, -0.05) is 20.8 Å². The molecule has 1 aromatic rings. The van der Waals surface area contributed by atoms with Gasteiger partial charge in [0.05, 0.1) is 6.10 Å². The minimum Gasteiger partial charge on any atom is -0.475 e. The minimum absolute atomic E-state index is 0.141. The van der Waals surface area contributed by atoms with Gasteiger partial charge in [-0.2, -0.15) is 0 Å². The van der Waals surface area contributed by atoms with Gasteiger partial charge in [0.1, 0.15) is 6.33 Å². The molecular formula is C15H27N3O. The first kappa shape index (κ1) is 15.9. The summed E-state index contributed by atoms with van der Waals surface area (Å²) in [6.07, 6.45) is 3.79. The summed E-state index contributed by atoms with van der Waals surface area (Å²) in [5.74, 6) is 1.24. The van der Waals surface area contributed by atoms with Crippen molar-refractivity contribution in [1.82, 2.24) is 15.3 Å². The highest BCUT2D eigenvalue weighted by Crippen LogP contribution is 2.13. The molecule has 1 heterocycles. The number of aromatic nitrogens is 2. The van der Waals surface area contributed by atoms with Crippen LogP contribution >= 0.6 is 0 Å². The fourth-order valence-corrected chi connectivity index (χ4v) is 1.89. The summed E-state index contributed by atoms with van der Waals surface area (Å²) >= 11 is 0. The summed E-state index contributed by atoms with van der Waals surface area (Å²) in [5, 5.41) is 3.58. The number of nitrogens with one attached hydrogen (secondary N) is 1. The van der Waals surface area contributed by atoms with Gasteiger partial charge in [-0.3, -0.25) is 0 Å². The van der Waals surface area contributed by atoms with Crippen LogP contribution in [-0.2, 0) is 6.42 Å². The molecule has 0 fully saturated rings. The van der Waals surface area contributed by atoms with Crippen molar-refractivity contribution >= 4 is 0 Å². The van der Waals surface area contributed by atoms with Crippen LogP contribution in [0.4, 0.5) is 0 Å². The molecule has 4 heteroatoms. The van der Waals surface area contributed by atoms with Crippen LogP contribution in [0.5, 0.6) is 5.88 Å². The first-order valence-electron chi connectivity index (χ1n) is 7.23. The Balaban J connectivity index is 2.67. The smallest absolute Gasteiger partial charge is 0.216 e. The predicted octanol–water partition coefficient (Wildman–Crippen LogP) is 2.83. The van der Waals surface area contributed by atoms with E-state index in [2.05, 4.69) is 36.1 Å². The highest BCUT2D eigenvalue weighted by Gasteiger charge is 2.14. The van der Waals surface area contributed by atoms with E-state index in [1.165, 1.54) is 0 Å². The van der Waals surface area contributed by atoms with Crippen LogP contribution in [0.1, 0.15) is 46.7 Å². The first-order valence-corrected chi connectivity index (χ1v) is 7.23. The Morgan fingerprint density at radius 3 is 2.53 bits per heavy atom. The summed E-state index contributed by atoms with van der Waals surface area (Å²) in [6, 6.07) is 2.39. The molecule has 1 rings (SSSR count). The van der Waals surface area contributed by atoms with Crippen molar-refractivity contribution in [3.8, 4) is 5.88 Å². The topological polar surface area (TPSA) is 47.0 Å². The Labute approximate surface area is 117 Å². The van der Waals surface area contributed by atoms with E-state index in [0.717, 1.165) is 25.1 Å². The maximum atomic E-state index is 5.61. The molecule has 0 saturated carbocycles. The second-order valence-electron chi connectivity index (χ2n) is 5.52. The van der Waals surface area contributed by atoms with E-state index in [9.17, 15) is 0 Å². The molecule has 0 amide bonds. The number of hydrogen-bond donors (Lipinski definition) is 1. The molecule has 1 atom stereocenters. The van der Waals surface area contributed by atoms with E-state index >= 15 is 0 Å². The molecule has 108 valence electrons. The van der Waals surface area contributed by atoms with Gasteiger partial charge in [0, 0.05) is 24.2 Å². The Morgan fingerprint density at radius 2 is 1.95 bits per heavy atom. The molecule has 0 spiro atoms. The van der Waals surface area contributed by atoms with E-state index < -0.39 is 0 Å². The van der Waals surface area contributed by atoms with E-state index in [-0.39, 0.29) is 6.10 Å². The fourth-order valence-electron chi connectivity index (χ4n) is 1.89. The lowest BCUT2D eigenvalue weighted by atomic mass is 9.99.